The van der Waals surface area contributed by atoms with Gasteiger partial charge in [-0.25, -0.2) is 4.79 Å². The molecule has 96 valence electrons. The first kappa shape index (κ1) is 12.2. The number of anilines is 1. The molecule has 0 fully saturated rings. The lowest BCUT2D eigenvalue weighted by molar-refractivity contribution is -0.118. The summed E-state index contributed by atoms with van der Waals surface area (Å²) in [7, 11) is 1.57. The van der Waals surface area contributed by atoms with E-state index in [1.165, 1.54) is 0 Å². The van der Waals surface area contributed by atoms with Crippen LogP contribution in [-0.2, 0) is 11.2 Å². The van der Waals surface area contributed by atoms with E-state index in [0.717, 1.165) is 5.56 Å². The zero-order valence-corrected chi connectivity index (χ0v) is 10.1. The Kier molecular flexibility index (Phi) is 3.66. The van der Waals surface area contributed by atoms with E-state index in [0.29, 0.717) is 24.4 Å². The maximum absolute atomic E-state index is 11.2. The predicted molar refractivity (Wildman–Crippen MR) is 66.7 cm³/mol. The van der Waals surface area contributed by atoms with Crippen molar-refractivity contribution in [2.75, 3.05) is 25.5 Å². The molecule has 6 heteroatoms. The summed E-state index contributed by atoms with van der Waals surface area (Å²) >= 11 is 0. The molecule has 1 aromatic rings. The van der Waals surface area contributed by atoms with Gasteiger partial charge in [-0.1, -0.05) is 6.07 Å². The monoisotopic (exact) mass is 249 g/mol. The van der Waals surface area contributed by atoms with Crippen molar-refractivity contribution in [3.63, 3.8) is 0 Å². The fourth-order valence-corrected chi connectivity index (χ4v) is 1.69. The summed E-state index contributed by atoms with van der Waals surface area (Å²) < 4.78 is 5.26. The van der Waals surface area contributed by atoms with E-state index in [-0.39, 0.29) is 18.5 Å². The Bertz CT molecular complexity index is 474. The minimum Gasteiger partial charge on any atom is -0.482 e. The SMILES string of the molecule is CNC(=O)NCCc1ccc2c(c1)NC(=O)CO2. The van der Waals surface area contributed by atoms with E-state index in [1.54, 1.807) is 7.05 Å². The average Bonchev–Trinajstić information content (AvgIpc) is 2.38. The van der Waals surface area contributed by atoms with Gasteiger partial charge in [0, 0.05) is 13.6 Å². The van der Waals surface area contributed by atoms with E-state index in [1.807, 2.05) is 18.2 Å². The Morgan fingerprint density at radius 2 is 2.33 bits per heavy atom. The number of fused-ring (bicyclic) bond motifs is 1. The highest BCUT2D eigenvalue weighted by Crippen LogP contribution is 2.28. The molecule has 1 aromatic carbocycles. The smallest absolute Gasteiger partial charge is 0.314 e. The van der Waals surface area contributed by atoms with Gasteiger partial charge in [0.1, 0.15) is 5.75 Å². The molecule has 0 saturated carbocycles. The number of ether oxygens (including phenoxy) is 1. The highest BCUT2D eigenvalue weighted by molar-refractivity contribution is 5.95. The van der Waals surface area contributed by atoms with E-state index in [2.05, 4.69) is 16.0 Å². The van der Waals surface area contributed by atoms with Crippen LogP contribution in [0.1, 0.15) is 5.56 Å². The second-order valence-electron chi connectivity index (χ2n) is 3.92. The Balaban J connectivity index is 1.96. The van der Waals surface area contributed by atoms with Crippen LogP contribution in [0.4, 0.5) is 10.5 Å². The van der Waals surface area contributed by atoms with Crippen molar-refractivity contribution < 1.29 is 14.3 Å². The fraction of sp³-hybridized carbons (Fsp3) is 0.333. The number of carbonyl (C=O) groups excluding carboxylic acids is 2. The van der Waals surface area contributed by atoms with Gasteiger partial charge in [0.25, 0.3) is 5.91 Å². The number of benzene rings is 1. The molecule has 0 aromatic heterocycles. The van der Waals surface area contributed by atoms with E-state index >= 15 is 0 Å². The van der Waals surface area contributed by atoms with Crippen molar-refractivity contribution >= 4 is 17.6 Å². The largest absolute Gasteiger partial charge is 0.482 e. The predicted octanol–water partition coefficient (Wildman–Crippen LogP) is 0.489. The lowest BCUT2D eigenvalue weighted by Gasteiger charge is -2.18. The molecule has 2 rings (SSSR count). The summed E-state index contributed by atoms with van der Waals surface area (Å²) in [5.41, 5.74) is 1.71. The summed E-state index contributed by atoms with van der Waals surface area (Å²) in [4.78, 5) is 22.2. The Morgan fingerprint density at radius 1 is 1.50 bits per heavy atom. The third kappa shape index (κ3) is 2.91. The summed E-state index contributed by atoms with van der Waals surface area (Å²) in [5, 5.41) is 7.93. The first-order valence-electron chi connectivity index (χ1n) is 5.70. The molecule has 1 heterocycles. The van der Waals surface area contributed by atoms with Crippen LogP contribution in [0.3, 0.4) is 0 Å². The van der Waals surface area contributed by atoms with Crippen LogP contribution in [-0.4, -0.2) is 32.1 Å². The summed E-state index contributed by atoms with van der Waals surface area (Å²) in [6.07, 6.45) is 0.691. The van der Waals surface area contributed by atoms with Gasteiger partial charge < -0.3 is 20.7 Å². The Labute approximate surface area is 105 Å². The number of nitrogens with one attached hydrogen (secondary N) is 3. The zero-order valence-electron chi connectivity index (χ0n) is 10.1. The standard InChI is InChI=1S/C12H15N3O3/c1-13-12(17)14-5-4-8-2-3-10-9(6-8)15-11(16)7-18-10/h2-3,6H,4-5,7H2,1H3,(H,15,16)(H2,13,14,17). The van der Waals surface area contributed by atoms with Crippen molar-refractivity contribution in [3.05, 3.63) is 23.8 Å². The van der Waals surface area contributed by atoms with Crippen LogP contribution in [0.25, 0.3) is 0 Å². The van der Waals surface area contributed by atoms with Crippen LogP contribution >= 0.6 is 0 Å². The van der Waals surface area contributed by atoms with Crippen LogP contribution in [0, 0.1) is 0 Å². The molecule has 0 unspecified atom stereocenters. The number of carbonyl (C=O) groups is 2. The molecule has 3 amide bonds. The molecular weight excluding hydrogens is 234 g/mol. The molecule has 0 atom stereocenters. The summed E-state index contributed by atoms with van der Waals surface area (Å²) in [5.74, 6) is 0.528. The van der Waals surface area contributed by atoms with Crippen LogP contribution in [0.15, 0.2) is 18.2 Å². The maximum atomic E-state index is 11.2. The molecule has 0 radical (unpaired) electrons. The molecule has 0 aliphatic carbocycles. The topological polar surface area (TPSA) is 79.5 Å². The van der Waals surface area contributed by atoms with Crippen molar-refractivity contribution in [1.82, 2.24) is 10.6 Å². The van der Waals surface area contributed by atoms with Crippen LogP contribution in [0.2, 0.25) is 0 Å². The highest BCUT2D eigenvalue weighted by atomic mass is 16.5. The summed E-state index contributed by atoms with van der Waals surface area (Å²) in [6.45, 7) is 0.595. The van der Waals surface area contributed by atoms with Gasteiger partial charge in [-0.3, -0.25) is 4.79 Å². The molecule has 0 saturated heterocycles. The fourth-order valence-electron chi connectivity index (χ4n) is 1.69. The molecule has 0 spiro atoms. The first-order valence-corrected chi connectivity index (χ1v) is 5.70. The number of amides is 3. The Hall–Kier alpha value is -2.24. The molecule has 18 heavy (non-hydrogen) atoms. The molecular formula is C12H15N3O3. The number of rotatable bonds is 3. The van der Waals surface area contributed by atoms with Gasteiger partial charge in [0.05, 0.1) is 5.69 Å². The first-order chi connectivity index (χ1) is 8.69. The van der Waals surface area contributed by atoms with Gasteiger partial charge >= 0.3 is 6.03 Å². The van der Waals surface area contributed by atoms with Gasteiger partial charge in [0.15, 0.2) is 6.61 Å². The van der Waals surface area contributed by atoms with Crippen LogP contribution in [0.5, 0.6) is 5.75 Å². The van der Waals surface area contributed by atoms with Gasteiger partial charge in [-0.05, 0) is 24.1 Å². The third-order valence-corrected chi connectivity index (χ3v) is 2.60. The lowest BCUT2D eigenvalue weighted by atomic mass is 10.1. The van der Waals surface area contributed by atoms with Crippen molar-refractivity contribution in [3.8, 4) is 5.75 Å². The number of urea groups is 1. The third-order valence-electron chi connectivity index (χ3n) is 2.60. The molecule has 6 nitrogen and oxygen atoms in total. The zero-order chi connectivity index (χ0) is 13.0. The van der Waals surface area contributed by atoms with Crippen molar-refractivity contribution in [1.29, 1.82) is 0 Å². The van der Waals surface area contributed by atoms with Gasteiger partial charge in [-0.15, -0.1) is 0 Å². The Morgan fingerprint density at radius 3 is 3.11 bits per heavy atom. The summed E-state index contributed by atoms with van der Waals surface area (Å²) in [6, 6.07) is 5.40. The molecule has 3 N–H and O–H groups in total. The molecule has 1 aliphatic rings. The highest BCUT2D eigenvalue weighted by Gasteiger charge is 2.15. The number of hydrogen-bond donors (Lipinski definition) is 3. The van der Waals surface area contributed by atoms with Crippen molar-refractivity contribution in [2.24, 2.45) is 0 Å². The second-order valence-corrected chi connectivity index (χ2v) is 3.92. The average molecular weight is 249 g/mol. The van der Waals surface area contributed by atoms with Crippen molar-refractivity contribution in [2.45, 2.75) is 6.42 Å². The molecule has 1 aliphatic heterocycles. The van der Waals surface area contributed by atoms with Gasteiger partial charge in [-0.2, -0.15) is 0 Å². The van der Waals surface area contributed by atoms with E-state index in [4.69, 9.17) is 4.74 Å². The normalized spacial score (nSPS) is 13.1. The second kappa shape index (κ2) is 5.39. The maximum Gasteiger partial charge on any atom is 0.314 e. The number of hydrogen-bond acceptors (Lipinski definition) is 3. The van der Waals surface area contributed by atoms with Gasteiger partial charge in [0.2, 0.25) is 0 Å². The van der Waals surface area contributed by atoms with E-state index in [9.17, 15) is 9.59 Å². The minimum atomic E-state index is -0.204. The van der Waals surface area contributed by atoms with E-state index < -0.39 is 0 Å². The molecule has 0 bridgehead atoms. The lowest BCUT2D eigenvalue weighted by Crippen LogP contribution is -2.34. The minimum absolute atomic E-state index is 0.0601. The quantitative estimate of drug-likeness (QED) is 0.729. The van der Waals surface area contributed by atoms with Crippen LogP contribution < -0.4 is 20.7 Å².